The molecule has 0 aromatic heterocycles. The molecule has 5 heteroatoms. The molecule has 0 N–H and O–H groups in total. The molecular formula is C11H8Cl2O3. The molecular weight excluding hydrogens is 251 g/mol. The Labute approximate surface area is 103 Å². The maximum atomic E-state index is 11.5. The van der Waals surface area contributed by atoms with Gasteiger partial charge >= 0.3 is 5.97 Å². The van der Waals surface area contributed by atoms with Crippen LogP contribution in [0.1, 0.15) is 5.56 Å². The van der Waals surface area contributed by atoms with Crippen molar-refractivity contribution in [3.8, 4) is 0 Å². The van der Waals surface area contributed by atoms with Gasteiger partial charge in [-0.15, -0.1) is 0 Å². The third-order valence-electron chi connectivity index (χ3n) is 2.27. The van der Waals surface area contributed by atoms with Crippen LogP contribution in [-0.4, -0.2) is 19.7 Å². The molecule has 0 amide bonds. The molecule has 3 nitrogen and oxygen atoms in total. The van der Waals surface area contributed by atoms with E-state index in [1.165, 1.54) is 7.11 Å². The largest absolute Gasteiger partial charge is 0.497 e. The van der Waals surface area contributed by atoms with Crippen LogP contribution in [0.25, 0.3) is 5.57 Å². The fourth-order valence-corrected chi connectivity index (χ4v) is 1.78. The number of carbonyl (C=O) groups excluding carboxylic acids is 1. The van der Waals surface area contributed by atoms with Gasteiger partial charge in [0.25, 0.3) is 0 Å². The van der Waals surface area contributed by atoms with E-state index in [1.54, 1.807) is 18.2 Å². The van der Waals surface area contributed by atoms with Crippen LogP contribution in [0.15, 0.2) is 24.0 Å². The molecule has 0 bridgehead atoms. The van der Waals surface area contributed by atoms with Crippen molar-refractivity contribution in [1.29, 1.82) is 0 Å². The van der Waals surface area contributed by atoms with E-state index in [4.69, 9.17) is 32.7 Å². The van der Waals surface area contributed by atoms with E-state index in [0.29, 0.717) is 26.9 Å². The van der Waals surface area contributed by atoms with Gasteiger partial charge in [-0.3, -0.25) is 0 Å². The van der Waals surface area contributed by atoms with Crippen molar-refractivity contribution in [2.45, 2.75) is 0 Å². The zero-order valence-electron chi connectivity index (χ0n) is 8.42. The molecule has 0 aliphatic carbocycles. The van der Waals surface area contributed by atoms with E-state index in [9.17, 15) is 4.79 Å². The molecule has 1 aliphatic rings. The second-order valence-electron chi connectivity index (χ2n) is 3.21. The summed E-state index contributed by atoms with van der Waals surface area (Å²) in [7, 11) is 1.49. The zero-order chi connectivity index (χ0) is 11.7. The summed E-state index contributed by atoms with van der Waals surface area (Å²) in [6, 6.07) is 4.95. The Balaban J connectivity index is 2.50. The molecule has 16 heavy (non-hydrogen) atoms. The molecule has 0 spiro atoms. The van der Waals surface area contributed by atoms with Gasteiger partial charge in [0.2, 0.25) is 0 Å². The van der Waals surface area contributed by atoms with E-state index < -0.39 is 5.97 Å². The highest BCUT2D eigenvalue weighted by Gasteiger charge is 2.27. The predicted octanol–water partition coefficient (Wildman–Crippen LogP) is 2.91. The van der Waals surface area contributed by atoms with Crippen LogP contribution in [0, 0.1) is 0 Å². The van der Waals surface area contributed by atoms with E-state index in [-0.39, 0.29) is 6.61 Å². The zero-order valence-corrected chi connectivity index (χ0v) is 9.93. The topological polar surface area (TPSA) is 35.5 Å². The van der Waals surface area contributed by atoms with Gasteiger partial charge in [-0.1, -0.05) is 29.3 Å². The number of methoxy groups -OCH3 is 1. The maximum Gasteiger partial charge on any atom is 0.342 e. The fourth-order valence-electron chi connectivity index (χ4n) is 1.48. The highest BCUT2D eigenvalue weighted by molar-refractivity contribution is 6.42. The van der Waals surface area contributed by atoms with Gasteiger partial charge in [-0.05, 0) is 17.7 Å². The molecule has 0 atom stereocenters. The highest BCUT2D eigenvalue weighted by atomic mass is 35.5. The first-order chi connectivity index (χ1) is 7.63. The molecule has 1 heterocycles. The Morgan fingerprint density at radius 1 is 1.31 bits per heavy atom. The van der Waals surface area contributed by atoms with Gasteiger partial charge in [0.15, 0.2) is 0 Å². The van der Waals surface area contributed by atoms with E-state index in [0.717, 1.165) is 0 Å². The molecule has 0 saturated heterocycles. The van der Waals surface area contributed by atoms with Crippen LogP contribution in [0.4, 0.5) is 0 Å². The molecule has 0 saturated carbocycles. The molecule has 1 aliphatic heterocycles. The summed E-state index contributed by atoms with van der Waals surface area (Å²) >= 11 is 11.7. The Bertz CT molecular complexity index is 480. The van der Waals surface area contributed by atoms with Crippen LogP contribution in [0.2, 0.25) is 10.0 Å². The molecule has 1 aromatic carbocycles. The van der Waals surface area contributed by atoms with Crippen LogP contribution in [0.5, 0.6) is 0 Å². The van der Waals surface area contributed by atoms with E-state index in [1.807, 2.05) is 0 Å². The molecule has 1 aromatic rings. The van der Waals surface area contributed by atoms with Crippen LogP contribution >= 0.6 is 23.2 Å². The monoisotopic (exact) mass is 258 g/mol. The summed E-state index contributed by atoms with van der Waals surface area (Å²) in [6.45, 7) is 0.158. The summed E-state index contributed by atoms with van der Waals surface area (Å²) in [5.41, 5.74) is 1.05. The van der Waals surface area contributed by atoms with Crippen molar-refractivity contribution in [1.82, 2.24) is 0 Å². The Morgan fingerprint density at radius 2 is 2.06 bits per heavy atom. The van der Waals surface area contributed by atoms with Gasteiger partial charge in [-0.2, -0.15) is 0 Å². The summed E-state index contributed by atoms with van der Waals surface area (Å²) in [6.07, 6.45) is 0. The van der Waals surface area contributed by atoms with Crippen molar-refractivity contribution in [3.63, 3.8) is 0 Å². The molecule has 2 rings (SSSR count). The number of cyclic esters (lactones) is 1. The van der Waals surface area contributed by atoms with Gasteiger partial charge in [0, 0.05) is 0 Å². The minimum Gasteiger partial charge on any atom is -0.497 e. The minimum absolute atomic E-state index is 0.158. The summed E-state index contributed by atoms with van der Waals surface area (Å²) < 4.78 is 9.96. The molecule has 0 fully saturated rings. The van der Waals surface area contributed by atoms with Crippen LogP contribution in [-0.2, 0) is 14.3 Å². The first kappa shape index (κ1) is 11.3. The summed E-state index contributed by atoms with van der Waals surface area (Å²) in [4.78, 5) is 11.5. The number of rotatable bonds is 2. The van der Waals surface area contributed by atoms with Crippen molar-refractivity contribution in [2.24, 2.45) is 0 Å². The first-order valence-corrected chi connectivity index (χ1v) is 5.28. The van der Waals surface area contributed by atoms with Gasteiger partial charge in [0.1, 0.15) is 17.9 Å². The predicted molar refractivity (Wildman–Crippen MR) is 61.4 cm³/mol. The van der Waals surface area contributed by atoms with Gasteiger partial charge in [-0.25, -0.2) is 4.79 Å². The number of carbonyl (C=O) groups is 1. The lowest BCUT2D eigenvalue weighted by Gasteiger charge is -2.03. The second-order valence-corrected chi connectivity index (χ2v) is 4.02. The number of ether oxygens (including phenoxy) is 2. The third kappa shape index (κ3) is 1.88. The van der Waals surface area contributed by atoms with E-state index >= 15 is 0 Å². The Kier molecular flexibility index (Phi) is 3.08. The number of hydrogen-bond donors (Lipinski definition) is 0. The molecule has 84 valence electrons. The quantitative estimate of drug-likeness (QED) is 0.766. The van der Waals surface area contributed by atoms with Crippen LogP contribution in [0.3, 0.4) is 0 Å². The summed E-state index contributed by atoms with van der Waals surface area (Å²) in [5, 5.41) is 0.832. The SMILES string of the molecule is COC1=C(c2ccc(Cl)c(Cl)c2)C(=O)OC1. The standard InChI is InChI=1S/C11H8Cl2O3/c1-15-9-5-16-11(14)10(9)6-2-3-7(12)8(13)4-6/h2-4H,5H2,1H3. The van der Waals surface area contributed by atoms with Gasteiger partial charge in [0.05, 0.1) is 17.2 Å². The number of esters is 1. The second kappa shape index (κ2) is 4.36. The molecule has 0 unspecified atom stereocenters. The minimum atomic E-state index is -0.407. The lowest BCUT2D eigenvalue weighted by atomic mass is 10.1. The lowest BCUT2D eigenvalue weighted by Crippen LogP contribution is -1.98. The number of hydrogen-bond acceptors (Lipinski definition) is 3. The van der Waals surface area contributed by atoms with Crippen molar-refractivity contribution >= 4 is 34.7 Å². The van der Waals surface area contributed by atoms with Crippen LogP contribution < -0.4 is 0 Å². The normalized spacial score (nSPS) is 15.3. The first-order valence-electron chi connectivity index (χ1n) is 4.53. The summed E-state index contributed by atoms with van der Waals surface area (Å²) in [5.74, 6) is 0.0960. The smallest absolute Gasteiger partial charge is 0.342 e. The number of benzene rings is 1. The third-order valence-corrected chi connectivity index (χ3v) is 3.01. The maximum absolute atomic E-state index is 11.5. The lowest BCUT2D eigenvalue weighted by molar-refractivity contribution is -0.134. The fraction of sp³-hybridized carbons (Fsp3) is 0.182. The average molecular weight is 259 g/mol. The van der Waals surface area contributed by atoms with E-state index in [2.05, 4.69) is 0 Å². The van der Waals surface area contributed by atoms with Gasteiger partial charge < -0.3 is 9.47 Å². The molecule has 0 radical (unpaired) electrons. The van der Waals surface area contributed by atoms with Crippen molar-refractivity contribution in [3.05, 3.63) is 39.6 Å². The highest BCUT2D eigenvalue weighted by Crippen LogP contribution is 2.31. The van der Waals surface area contributed by atoms with Crippen molar-refractivity contribution in [2.75, 3.05) is 13.7 Å². The van der Waals surface area contributed by atoms with Crippen molar-refractivity contribution < 1.29 is 14.3 Å². The Morgan fingerprint density at radius 3 is 2.69 bits per heavy atom. The average Bonchev–Trinajstić information content (AvgIpc) is 2.64. The number of halogens is 2. The Hall–Kier alpha value is -1.19.